The van der Waals surface area contributed by atoms with Crippen molar-refractivity contribution in [3.8, 4) is 0 Å². The van der Waals surface area contributed by atoms with E-state index in [-0.39, 0.29) is 11.4 Å². The number of nitrogens with one attached hydrogen (secondary N) is 1. The lowest BCUT2D eigenvalue weighted by atomic mass is 10.1. The van der Waals surface area contributed by atoms with Gasteiger partial charge < -0.3 is 9.88 Å². The van der Waals surface area contributed by atoms with Crippen molar-refractivity contribution in [1.29, 1.82) is 0 Å². The van der Waals surface area contributed by atoms with Crippen LogP contribution >= 0.6 is 0 Å². The highest BCUT2D eigenvalue weighted by atomic mass is 16.2. The summed E-state index contributed by atoms with van der Waals surface area (Å²) >= 11 is 0. The van der Waals surface area contributed by atoms with Crippen molar-refractivity contribution in [2.75, 3.05) is 0 Å². The summed E-state index contributed by atoms with van der Waals surface area (Å²) in [5.41, 5.74) is 0.341. The van der Waals surface area contributed by atoms with Gasteiger partial charge in [0.25, 0.3) is 5.91 Å². The molecule has 0 aromatic carbocycles. The lowest BCUT2D eigenvalue weighted by molar-refractivity contribution is 0.0914. The van der Waals surface area contributed by atoms with Crippen molar-refractivity contribution in [2.45, 2.75) is 52.1 Å². The first-order valence-corrected chi connectivity index (χ1v) is 5.84. The van der Waals surface area contributed by atoms with Crippen LogP contribution in [0.1, 0.15) is 49.9 Å². The normalized spacial score (nSPS) is 15.7. The Morgan fingerprint density at radius 3 is 2.81 bits per heavy atom. The number of rotatable bonds is 1. The summed E-state index contributed by atoms with van der Waals surface area (Å²) in [6.07, 6.45) is 5.22. The third kappa shape index (κ3) is 2.43. The second kappa shape index (κ2) is 3.92. The molecule has 2 heterocycles. The molecule has 0 atom stereocenters. The van der Waals surface area contributed by atoms with Gasteiger partial charge in [0.2, 0.25) is 0 Å². The number of hydrogen-bond acceptors (Lipinski definition) is 2. The second-order valence-electron chi connectivity index (χ2n) is 5.40. The van der Waals surface area contributed by atoms with Gasteiger partial charge in [0.15, 0.2) is 0 Å². The van der Waals surface area contributed by atoms with Gasteiger partial charge in [-0.3, -0.25) is 4.79 Å². The number of aromatic nitrogens is 2. The summed E-state index contributed by atoms with van der Waals surface area (Å²) < 4.78 is 2.10. The van der Waals surface area contributed by atoms with E-state index in [9.17, 15) is 4.79 Å². The summed E-state index contributed by atoms with van der Waals surface area (Å²) in [6.45, 7) is 6.91. The van der Waals surface area contributed by atoms with Gasteiger partial charge in [0.05, 0.1) is 0 Å². The van der Waals surface area contributed by atoms with Gasteiger partial charge in [0.1, 0.15) is 11.5 Å². The van der Waals surface area contributed by atoms with E-state index < -0.39 is 0 Å². The van der Waals surface area contributed by atoms with Crippen LogP contribution in [0.25, 0.3) is 0 Å². The zero-order chi connectivity index (χ0) is 11.8. The molecular weight excluding hydrogens is 202 g/mol. The molecule has 4 nitrogen and oxygen atoms in total. The highest BCUT2D eigenvalue weighted by molar-refractivity contribution is 5.92. The molecule has 1 N–H and O–H groups in total. The smallest absolute Gasteiger partial charge is 0.271 e. The molecule has 0 saturated carbocycles. The molecular formula is C12H19N3O. The van der Waals surface area contributed by atoms with Crippen LogP contribution in [0.2, 0.25) is 0 Å². The largest absolute Gasteiger partial charge is 0.346 e. The van der Waals surface area contributed by atoms with Crippen LogP contribution in [0, 0.1) is 0 Å². The number of imidazole rings is 1. The van der Waals surface area contributed by atoms with Crippen LogP contribution in [0.5, 0.6) is 0 Å². The molecule has 0 bridgehead atoms. The molecule has 1 aliphatic heterocycles. The molecule has 0 unspecified atom stereocenters. The predicted octanol–water partition coefficient (Wildman–Crippen LogP) is 1.75. The quantitative estimate of drug-likeness (QED) is 0.785. The molecule has 1 aromatic rings. The fourth-order valence-electron chi connectivity index (χ4n) is 1.93. The van der Waals surface area contributed by atoms with Gasteiger partial charge >= 0.3 is 0 Å². The minimum absolute atomic E-state index is 0.0746. The fraction of sp³-hybridized carbons (Fsp3) is 0.667. The monoisotopic (exact) mass is 221 g/mol. The lowest BCUT2D eigenvalue weighted by Crippen LogP contribution is -2.40. The molecule has 2 rings (SSSR count). The number of nitrogens with zero attached hydrogens (tertiary/aromatic N) is 2. The van der Waals surface area contributed by atoms with Crippen molar-refractivity contribution < 1.29 is 4.79 Å². The zero-order valence-electron chi connectivity index (χ0n) is 10.2. The SMILES string of the molecule is CC(C)(C)NC(=O)c1cn2c(n1)CCCC2. The Kier molecular flexibility index (Phi) is 2.74. The van der Waals surface area contributed by atoms with Crippen molar-refractivity contribution >= 4 is 5.91 Å². The molecule has 0 spiro atoms. The summed E-state index contributed by atoms with van der Waals surface area (Å²) in [7, 11) is 0. The highest BCUT2D eigenvalue weighted by Crippen LogP contribution is 2.14. The minimum Gasteiger partial charge on any atom is -0.346 e. The maximum absolute atomic E-state index is 11.9. The first-order valence-electron chi connectivity index (χ1n) is 5.84. The van der Waals surface area contributed by atoms with Gasteiger partial charge in [-0.05, 0) is 33.6 Å². The molecule has 88 valence electrons. The Bertz CT molecular complexity index is 377. The van der Waals surface area contributed by atoms with E-state index in [1.165, 1.54) is 12.8 Å². The van der Waals surface area contributed by atoms with Gasteiger partial charge in [-0.25, -0.2) is 4.98 Å². The van der Waals surface area contributed by atoms with E-state index in [1.807, 2.05) is 27.0 Å². The van der Waals surface area contributed by atoms with Gasteiger partial charge in [-0.1, -0.05) is 0 Å². The van der Waals surface area contributed by atoms with E-state index >= 15 is 0 Å². The minimum atomic E-state index is -0.207. The molecule has 1 aromatic heterocycles. The number of fused-ring (bicyclic) bond motifs is 1. The van der Waals surface area contributed by atoms with Crippen molar-refractivity contribution in [3.63, 3.8) is 0 Å². The fourth-order valence-corrected chi connectivity index (χ4v) is 1.93. The first-order chi connectivity index (χ1) is 7.46. The molecule has 1 amide bonds. The standard InChI is InChI=1S/C12H19N3O/c1-12(2,3)14-11(16)9-8-15-7-5-4-6-10(15)13-9/h8H,4-7H2,1-3H3,(H,14,16). The third-order valence-electron chi connectivity index (χ3n) is 2.63. The number of carbonyl (C=O) groups is 1. The van der Waals surface area contributed by atoms with E-state index in [1.54, 1.807) is 0 Å². The molecule has 4 heteroatoms. The molecule has 0 aliphatic carbocycles. The number of hydrogen-bond donors (Lipinski definition) is 1. The third-order valence-corrected chi connectivity index (χ3v) is 2.63. The number of aryl methyl sites for hydroxylation is 2. The lowest BCUT2D eigenvalue weighted by Gasteiger charge is -2.19. The van der Waals surface area contributed by atoms with Crippen LogP contribution in [-0.4, -0.2) is 21.0 Å². The summed E-state index contributed by atoms with van der Waals surface area (Å²) in [4.78, 5) is 16.3. The summed E-state index contributed by atoms with van der Waals surface area (Å²) in [6, 6.07) is 0. The molecule has 0 saturated heterocycles. The summed E-state index contributed by atoms with van der Waals surface area (Å²) in [5, 5.41) is 2.93. The topological polar surface area (TPSA) is 46.9 Å². The first kappa shape index (κ1) is 11.2. The molecule has 0 fully saturated rings. The van der Waals surface area contributed by atoms with Crippen molar-refractivity contribution in [3.05, 3.63) is 17.7 Å². The Morgan fingerprint density at radius 1 is 1.44 bits per heavy atom. The van der Waals surface area contributed by atoms with Gasteiger partial charge in [-0.15, -0.1) is 0 Å². The Labute approximate surface area is 96.1 Å². The van der Waals surface area contributed by atoms with Crippen LogP contribution in [0.15, 0.2) is 6.20 Å². The predicted molar refractivity (Wildman–Crippen MR) is 62.4 cm³/mol. The average Bonchev–Trinajstić information content (AvgIpc) is 2.58. The van der Waals surface area contributed by atoms with Crippen LogP contribution in [0.3, 0.4) is 0 Å². The zero-order valence-corrected chi connectivity index (χ0v) is 10.2. The number of amides is 1. The molecule has 1 aliphatic rings. The van der Waals surface area contributed by atoms with Crippen LogP contribution in [-0.2, 0) is 13.0 Å². The van der Waals surface area contributed by atoms with Crippen molar-refractivity contribution in [2.24, 2.45) is 0 Å². The molecule has 0 radical (unpaired) electrons. The van der Waals surface area contributed by atoms with E-state index in [0.29, 0.717) is 5.69 Å². The maximum atomic E-state index is 11.9. The number of carbonyl (C=O) groups excluding carboxylic acids is 1. The Hall–Kier alpha value is -1.32. The van der Waals surface area contributed by atoms with Crippen LogP contribution < -0.4 is 5.32 Å². The molecule has 16 heavy (non-hydrogen) atoms. The van der Waals surface area contributed by atoms with Crippen LogP contribution in [0.4, 0.5) is 0 Å². The van der Waals surface area contributed by atoms with E-state index in [0.717, 1.165) is 18.8 Å². The van der Waals surface area contributed by atoms with Crippen molar-refractivity contribution in [1.82, 2.24) is 14.9 Å². The maximum Gasteiger partial charge on any atom is 0.271 e. The second-order valence-corrected chi connectivity index (χ2v) is 5.40. The van der Waals surface area contributed by atoms with E-state index in [4.69, 9.17) is 0 Å². The summed E-state index contributed by atoms with van der Waals surface area (Å²) in [5.74, 6) is 0.972. The Balaban J connectivity index is 2.15. The van der Waals surface area contributed by atoms with Gasteiger partial charge in [-0.2, -0.15) is 0 Å². The van der Waals surface area contributed by atoms with Gasteiger partial charge in [0, 0.05) is 24.7 Å². The highest BCUT2D eigenvalue weighted by Gasteiger charge is 2.20. The average molecular weight is 221 g/mol. The Morgan fingerprint density at radius 2 is 2.19 bits per heavy atom. The van der Waals surface area contributed by atoms with E-state index in [2.05, 4.69) is 14.9 Å².